The Morgan fingerprint density at radius 2 is 2.03 bits per heavy atom. The monoisotopic (exact) mass is 433 g/mol. The van der Waals surface area contributed by atoms with Crippen LogP contribution in [-0.4, -0.2) is 35.9 Å². The van der Waals surface area contributed by atoms with E-state index in [-0.39, 0.29) is 24.2 Å². The lowest BCUT2D eigenvalue weighted by molar-refractivity contribution is -0.129. The average molecular weight is 434 g/mol. The summed E-state index contributed by atoms with van der Waals surface area (Å²) in [6.07, 6.45) is 0.271. The fraction of sp³-hybridized carbons (Fsp3) is 0.292. The molecular weight excluding hydrogens is 410 g/mol. The minimum atomic E-state index is -0.364. The van der Waals surface area contributed by atoms with Crippen molar-refractivity contribution in [3.63, 3.8) is 0 Å². The number of nitrogens with zero attached hydrogens (tertiary/aromatic N) is 3. The van der Waals surface area contributed by atoms with Crippen LogP contribution in [0, 0.1) is 18.3 Å². The van der Waals surface area contributed by atoms with Crippen molar-refractivity contribution in [2.45, 2.75) is 26.2 Å². The topological polar surface area (TPSA) is 73.6 Å². The highest BCUT2D eigenvalue weighted by Gasteiger charge is 2.38. The number of nitriles is 1. The van der Waals surface area contributed by atoms with Gasteiger partial charge in [-0.25, -0.2) is 4.79 Å². The van der Waals surface area contributed by atoms with Crippen molar-refractivity contribution in [1.82, 2.24) is 4.90 Å². The molecule has 2 aliphatic rings. The molecule has 31 heavy (non-hydrogen) atoms. The van der Waals surface area contributed by atoms with Crippen LogP contribution in [0.5, 0.6) is 0 Å². The summed E-state index contributed by atoms with van der Waals surface area (Å²) in [5.41, 5.74) is 4.10. The first-order valence-corrected chi connectivity index (χ1v) is 11.2. The van der Waals surface area contributed by atoms with E-state index in [1.54, 1.807) is 24.0 Å². The van der Waals surface area contributed by atoms with E-state index in [1.165, 1.54) is 11.8 Å². The zero-order valence-electron chi connectivity index (χ0n) is 17.5. The fourth-order valence-electron chi connectivity index (χ4n) is 3.85. The number of hydrogen-bond donors (Lipinski definition) is 0. The molecule has 0 aromatic heterocycles. The predicted molar refractivity (Wildman–Crippen MR) is 120 cm³/mol. The lowest BCUT2D eigenvalue weighted by atomic mass is 9.86. The summed E-state index contributed by atoms with van der Waals surface area (Å²) in [5, 5.41) is 10.6. The van der Waals surface area contributed by atoms with E-state index >= 15 is 0 Å². The van der Waals surface area contributed by atoms with E-state index < -0.39 is 0 Å². The van der Waals surface area contributed by atoms with Crippen LogP contribution in [0.25, 0.3) is 0 Å². The molecule has 4 rings (SSSR count). The highest BCUT2D eigenvalue weighted by Crippen LogP contribution is 2.43. The van der Waals surface area contributed by atoms with Gasteiger partial charge in [-0.05, 0) is 37.6 Å². The van der Waals surface area contributed by atoms with Crippen molar-refractivity contribution in [2.75, 3.05) is 24.1 Å². The minimum absolute atomic E-state index is 0.00155. The largest absolute Gasteiger partial charge is 0.462 e. The summed E-state index contributed by atoms with van der Waals surface area (Å²) in [5.74, 6) is 0.00204. The van der Waals surface area contributed by atoms with Gasteiger partial charge in [0.05, 0.1) is 41.4 Å². The van der Waals surface area contributed by atoms with E-state index in [0.29, 0.717) is 30.3 Å². The molecule has 158 valence electrons. The quantitative estimate of drug-likeness (QED) is 0.666. The third-order valence-corrected chi connectivity index (χ3v) is 6.65. The second kappa shape index (κ2) is 8.86. The maximum Gasteiger partial charge on any atom is 0.338 e. The Bertz CT molecular complexity index is 1090. The molecule has 0 bridgehead atoms. The summed E-state index contributed by atoms with van der Waals surface area (Å²) >= 11 is 1.48. The number of benzene rings is 2. The second-order valence-corrected chi connectivity index (χ2v) is 8.48. The Kier molecular flexibility index (Phi) is 6.01. The first-order chi connectivity index (χ1) is 15.0. The Labute approximate surface area is 186 Å². The summed E-state index contributed by atoms with van der Waals surface area (Å²) in [7, 11) is 0. The van der Waals surface area contributed by atoms with Gasteiger partial charge in [-0.15, -0.1) is 0 Å². The van der Waals surface area contributed by atoms with Crippen LogP contribution in [0.15, 0.2) is 59.1 Å². The third kappa shape index (κ3) is 4.17. The molecule has 0 aliphatic carbocycles. The Hall–Kier alpha value is -3.24. The lowest BCUT2D eigenvalue weighted by Gasteiger charge is -2.42. The van der Waals surface area contributed by atoms with E-state index in [0.717, 1.165) is 21.8 Å². The third-order valence-electron chi connectivity index (χ3n) is 5.50. The van der Waals surface area contributed by atoms with Crippen molar-refractivity contribution in [2.24, 2.45) is 0 Å². The van der Waals surface area contributed by atoms with Crippen molar-refractivity contribution >= 4 is 29.3 Å². The number of carbonyl (C=O) groups excluding carboxylic acids is 2. The molecule has 0 spiro atoms. The van der Waals surface area contributed by atoms with Gasteiger partial charge in [-0.1, -0.05) is 47.7 Å². The molecule has 0 radical (unpaired) electrons. The number of ether oxygens (including phenoxy) is 1. The fourth-order valence-corrected chi connectivity index (χ4v) is 5.02. The molecule has 1 amide bonds. The van der Waals surface area contributed by atoms with Gasteiger partial charge in [-0.2, -0.15) is 5.26 Å². The summed E-state index contributed by atoms with van der Waals surface area (Å²) < 4.78 is 5.09. The van der Waals surface area contributed by atoms with E-state index in [1.807, 2.05) is 48.2 Å². The SMILES string of the molecule is CCOC(=O)c1cccc(N2CSC3=C(C#N)[C@@H](c4ccc(C)cc4)CC(=O)N3C2)c1. The molecule has 2 aliphatic heterocycles. The Balaban J connectivity index is 1.61. The molecule has 1 atom stereocenters. The molecule has 6 nitrogen and oxygen atoms in total. The van der Waals surface area contributed by atoms with E-state index in [9.17, 15) is 14.9 Å². The Morgan fingerprint density at radius 1 is 1.26 bits per heavy atom. The van der Waals surface area contributed by atoms with Crippen LogP contribution < -0.4 is 4.90 Å². The van der Waals surface area contributed by atoms with Gasteiger partial charge in [0.25, 0.3) is 0 Å². The van der Waals surface area contributed by atoms with Gasteiger partial charge < -0.3 is 9.64 Å². The second-order valence-electron chi connectivity index (χ2n) is 7.55. The molecule has 2 heterocycles. The zero-order valence-corrected chi connectivity index (χ0v) is 18.3. The van der Waals surface area contributed by atoms with Crippen molar-refractivity contribution in [3.05, 3.63) is 75.8 Å². The van der Waals surface area contributed by atoms with Crippen LogP contribution in [0.3, 0.4) is 0 Å². The highest BCUT2D eigenvalue weighted by atomic mass is 32.2. The summed E-state index contributed by atoms with van der Waals surface area (Å²) in [4.78, 5) is 28.8. The van der Waals surface area contributed by atoms with Crippen molar-refractivity contribution < 1.29 is 14.3 Å². The standard InChI is InChI=1S/C24H23N3O3S/c1-3-30-24(29)18-5-4-6-19(11-18)26-14-27-22(28)12-20(17-9-7-16(2)8-10-17)21(13-25)23(27)31-15-26/h4-11,20H,3,12,14-15H2,1-2H3/t20-/m1/s1. The number of allylic oxidation sites excluding steroid dienone is 1. The van der Waals surface area contributed by atoms with Crippen molar-refractivity contribution in [1.29, 1.82) is 5.26 Å². The van der Waals surface area contributed by atoms with Crippen molar-refractivity contribution in [3.8, 4) is 6.07 Å². The summed E-state index contributed by atoms with van der Waals surface area (Å²) in [6, 6.07) is 17.6. The number of fused-ring (bicyclic) bond motifs is 1. The first-order valence-electron chi connectivity index (χ1n) is 10.2. The highest BCUT2D eigenvalue weighted by molar-refractivity contribution is 8.03. The first kappa shape index (κ1) is 21.0. The number of hydrogen-bond acceptors (Lipinski definition) is 6. The Morgan fingerprint density at radius 3 is 2.74 bits per heavy atom. The van der Waals surface area contributed by atoms with Crippen LogP contribution in [-0.2, 0) is 9.53 Å². The maximum atomic E-state index is 13.0. The molecule has 2 aromatic rings. The maximum absolute atomic E-state index is 13.0. The number of carbonyl (C=O) groups is 2. The van der Waals surface area contributed by atoms with Crippen LogP contribution in [0.1, 0.15) is 40.7 Å². The van der Waals surface area contributed by atoms with Crippen LogP contribution in [0.2, 0.25) is 0 Å². The smallest absolute Gasteiger partial charge is 0.338 e. The van der Waals surface area contributed by atoms with Gasteiger partial charge in [0.1, 0.15) is 0 Å². The number of anilines is 1. The number of thioether (sulfide) groups is 1. The number of aryl methyl sites for hydroxylation is 1. The number of rotatable bonds is 4. The number of esters is 1. The van der Waals surface area contributed by atoms with E-state index in [2.05, 4.69) is 6.07 Å². The molecule has 0 unspecified atom stereocenters. The van der Waals surface area contributed by atoms with Gasteiger partial charge in [0, 0.05) is 18.0 Å². The van der Waals surface area contributed by atoms with Crippen LogP contribution >= 0.6 is 11.8 Å². The molecular formula is C24H23N3O3S. The molecule has 0 saturated carbocycles. The molecule has 1 fully saturated rings. The van der Waals surface area contributed by atoms with Gasteiger partial charge in [-0.3, -0.25) is 9.69 Å². The molecule has 1 saturated heterocycles. The van der Waals surface area contributed by atoms with Gasteiger partial charge in [0.15, 0.2) is 0 Å². The predicted octanol–water partition coefficient (Wildman–Crippen LogP) is 4.39. The van der Waals surface area contributed by atoms with Gasteiger partial charge in [0.2, 0.25) is 5.91 Å². The lowest BCUT2D eigenvalue weighted by Crippen LogP contribution is -2.47. The molecule has 7 heteroatoms. The normalized spacial score (nSPS) is 18.5. The summed E-state index contributed by atoms with van der Waals surface area (Å²) in [6.45, 7) is 4.45. The number of amides is 1. The zero-order chi connectivity index (χ0) is 22.0. The average Bonchev–Trinajstić information content (AvgIpc) is 2.79. The molecule has 0 N–H and O–H groups in total. The van der Waals surface area contributed by atoms with Crippen LogP contribution in [0.4, 0.5) is 5.69 Å². The van der Waals surface area contributed by atoms with Gasteiger partial charge >= 0.3 is 5.97 Å². The minimum Gasteiger partial charge on any atom is -0.462 e. The molecule has 2 aromatic carbocycles. The van der Waals surface area contributed by atoms with E-state index in [4.69, 9.17) is 4.74 Å².